The molecule has 174 valence electrons. The Hall–Kier alpha value is -3.23. The Morgan fingerprint density at radius 2 is 1.71 bits per heavy atom. The number of nitrogens with zero attached hydrogens (tertiary/aromatic N) is 3. The van der Waals surface area contributed by atoms with Gasteiger partial charge in [-0.15, -0.1) is 10.2 Å². The third kappa shape index (κ3) is 5.46. The number of ether oxygens (including phenoxy) is 1. The minimum absolute atomic E-state index is 0.0874. The zero-order chi connectivity index (χ0) is 23.9. The highest BCUT2D eigenvalue weighted by molar-refractivity contribution is 8.00. The molecule has 6 nitrogen and oxygen atoms in total. The van der Waals surface area contributed by atoms with Crippen LogP contribution in [0.15, 0.2) is 93.8 Å². The van der Waals surface area contributed by atoms with E-state index >= 15 is 0 Å². The molecular weight excluding hydrogens is 464 g/mol. The van der Waals surface area contributed by atoms with Crippen LogP contribution in [0, 0.1) is 0 Å². The fraction of sp³-hybridized carbons (Fsp3) is 0.192. The van der Waals surface area contributed by atoms with Gasteiger partial charge in [-0.25, -0.2) is 0 Å². The summed E-state index contributed by atoms with van der Waals surface area (Å²) in [4.78, 5) is 15.2. The van der Waals surface area contributed by atoms with Gasteiger partial charge in [0.1, 0.15) is 5.75 Å². The van der Waals surface area contributed by atoms with Crippen LogP contribution in [0.5, 0.6) is 5.75 Å². The number of anilines is 1. The average Bonchev–Trinajstić information content (AvgIpc) is 3.27. The topological polar surface area (TPSA) is 69.0 Å². The van der Waals surface area contributed by atoms with Crippen LogP contribution in [-0.4, -0.2) is 33.0 Å². The van der Waals surface area contributed by atoms with Gasteiger partial charge < -0.3 is 14.6 Å². The Morgan fingerprint density at radius 3 is 2.47 bits per heavy atom. The Bertz CT molecular complexity index is 1260. The number of carbonyl (C=O) groups is 1. The molecule has 0 bridgehead atoms. The van der Waals surface area contributed by atoms with E-state index < -0.39 is 0 Å². The van der Waals surface area contributed by atoms with Gasteiger partial charge >= 0.3 is 0 Å². The number of nitrogens with one attached hydrogen (secondary N) is 1. The Balaban J connectivity index is 1.50. The van der Waals surface area contributed by atoms with E-state index in [1.54, 1.807) is 18.9 Å². The smallest absolute Gasteiger partial charge is 0.237 e. The molecule has 0 saturated heterocycles. The first-order chi connectivity index (χ1) is 16.6. The van der Waals surface area contributed by atoms with Crippen molar-refractivity contribution < 1.29 is 9.53 Å². The maximum atomic E-state index is 13.1. The molecule has 4 rings (SSSR count). The van der Waals surface area contributed by atoms with E-state index in [0.717, 1.165) is 32.6 Å². The molecule has 0 unspecified atom stereocenters. The molecule has 1 atom stereocenters. The highest BCUT2D eigenvalue weighted by atomic mass is 32.2. The highest BCUT2D eigenvalue weighted by Gasteiger charge is 2.22. The number of amides is 1. The number of hydrogen-bond acceptors (Lipinski definition) is 6. The van der Waals surface area contributed by atoms with Crippen molar-refractivity contribution >= 4 is 35.1 Å². The van der Waals surface area contributed by atoms with Gasteiger partial charge in [0, 0.05) is 16.3 Å². The fourth-order valence-corrected chi connectivity index (χ4v) is 5.25. The van der Waals surface area contributed by atoms with Crippen molar-refractivity contribution in [3.8, 4) is 17.1 Å². The van der Waals surface area contributed by atoms with Crippen LogP contribution in [0.25, 0.3) is 11.4 Å². The highest BCUT2D eigenvalue weighted by Crippen LogP contribution is 2.35. The average molecular weight is 491 g/mol. The fourth-order valence-electron chi connectivity index (χ4n) is 3.41. The van der Waals surface area contributed by atoms with Crippen molar-refractivity contribution in [3.05, 3.63) is 78.9 Å². The van der Waals surface area contributed by atoms with E-state index in [4.69, 9.17) is 4.74 Å². The number of carbonyl (C=O) groups excluding carboxylic acids is 1. The summed E-state index contributed by atoms with van der Waals surface area (Å²) < 4.78 is 7.50. The predicted octanol–water partition coefficient (Wildman–Crippen LogP) is 6.24. The van der Waals surface area contributed by atoms with Gasteiger partial charge in [0.15, 0.2) is 11.0 Å². The number of hydrogen-bond donors (Lipinski definition) is 1. The van der Waals surface area contributed by atoms with E-state index in [2.05, 4.69) is 27.6 Å². The molecule has 0 aliphatic carbocycles. The van der Waals surface area contributed by atoms with Crippen LogP contribution >= 0.6 is 23.5 Å². The molecule has 3 aromatic carbocycles. The maximum Gasteiger partial charge on any atom is 0.237 e. The summed E-state index contributed by atoms with van der Waals surface area (Å²) in [5.74, 6) is 1.37. The second kappa shape index (κ2) is 11.3. The van der Waals surface area contributed by atoms with E-state index in [9.17, 15) is 4.79 Å². The first kappa shape index (κ1) is 23.9. The molecule has 0 fully saturated rings. The third-order valence-electron chi connectivity index (χ3n) is 5.15. The number of methoxy groups -OCH3 is 1. The van der Waals surface area contributed by atoms with Crippen LogP contribution in [-0.2, 0) is 11.3 Å². The van der Waals surface area contributed by atoms with Crippen molar-refractivity contribution in [1.82, 2.24) is 14.8 Å². The molecule has 1 N–H and O–H groups in total. The van der Waals surface area contributed by atoms with Crippen LogP contribution in [0.1, 0.15) is 13.8 Å². The minimum Gasteiger partial charge on any atom is -0.496 e. The third-order valence-corrected chi connectivity index (χ3v) is 7.31. The maximum absolute atomic E-state index is 13.1. The van der Waals surface area contributed by atoms with Gasteiger partial charge in [0.05, 0.1) is 23.6 Å². The molecule has 1 aromatic heterocycles. The standard InChI is InChI=1S/C26H26N4O2S2/c1-4-30-24(20-14-8-10-16-22(20)32-3)28-29-26(30)33-18(2)25(31)27-21-15-9-11-17-23(21)34-19-12-6-5-7-13-19/h5-18H,4H2,1-3H3,(H,27,31)/t18-/m1/s1. The van der Waals surface area contributed by atoms with Gasteiger partial charge in [0.25, 0.3) is 0 Å². The number of aromatic nitrogens is 3. The molecule has 0 aliphatic heterocycles. The van der Waals surface area contributed by atoms with Crippen molar-refractivity contribution in [2.24, 2.45) is 0 Å². The normalized spacial score (nSPS) is 11.7. The summed E-state index contributed by atoms with van der Waals surface area (Å²) >= 11 is 3.01. The van der Waals surface area contributed by atoms with Crippen LogP contribution in [0.4, 0.5) is 5.69 Å². The number of para-hydroxylation sites is 2. The lowest BCUT2D eigenvalue weighted by Crippen LogP contribution is -2.23. The molecule has 4 aromatic rings. The zero-order valence-electron chi connectivity index (χ0n) is 19.3. The molecule has 1 heterocycles. The monoisotopic (exact) mass is 490 g/mol. The molecule has 0 aliphatic rings. The predicted molar refractivity (Wildman–Crippen MR) is 139 cm³/mol. The first-order valence-corrected chi connectivity index (χ1v) is 12.7. The summed E-state index contributed by atoms with van der Waals surface area (Å²) in [5, 5.41) is 12.2. The first-order valence-electron chi connectivity index (χ1n) is 11.0. The second-order valence-corrected chi connectivity index (χ2v) is 9.83. The molecule has 0 radical (unpaired) electrons. The second-order valence-electron chi connectivity index (χ2n) is 7.41. The Kier molecular flexibility index (Phi) is 7.92. The summed E-state index contributed by atoms with van der Waals surface area (Å²) in [5.41, 5.74) is 1.66. The van der Waals surface area contributed by atoms with Crippen LogP contribution < -0.4 is 10.1 Å². The van der Waals surface area contributed by atoms with E-state index in [1.807, 2.05) is 85.1 Å². The summed E-state index contributed by atoms with van der Waals surface area (Å²) in [6, 6.07) is 25.7. The van der Waals surface area contributed by atoms with Crippen LogP contribution in [0.2, 0.25) is 0 Å². The van der Waals surface area contributed by atoms with Crippen molar-refractivity contribution in [3.63, 3.8) is 0 Å². The minimum atomic E-state index is -0.366. The van der Waals surface area contributed by atoms with Gasteiger partial charge in [-0.05, 0) is 50.2 Å². The summed E-state index contributed by atoms with van der Waals surface area (Å²) in [6.45, 7) is 4.59. The van der Waals surface area contributed by atoms with Gasteiger partial charge in [-0.3, -0.25) is 4.79 Å². The number of rotatable bonds is 9. The van der Waals surface area contributed by atoms with E-state index in [1.165, 1.54) is 11.8 Å². The molecule has 0 saturated carbocycles. The number of benzene rings is 3. The van der Waals surface area contributed by atoms with Gasteiger partial charge in [-0.2, -0.15) is 0 Å². The van der Waals surface area contributed by atoms with Crippen LogP contribution in [0.3, 0.4) is 0 Å². The number of thioether (sulfide) groups is 1. The summed E-state index contributed by atoms with van der Waals surface area (Å²) in [7, 11) is 1.64. The lowest BCUT2D eigenvalue weighted by molar-refractivity contribution is -0.115. The lowest BCUT2D eigenvalue weighted by atomic mass is 10.2. The quantitative estimate of drug-likeness (QED) is 0.280. The zero-order valence-corrected chi connectivity index (χ0v) is 20.9. The SMILES string of the molecule is CCn1c(S[C@H](C)C(=O)Nc2ccccc2Sc2ccccc2)nnc1-c1ccccc1OC. The van der Waals surface area contributed by atoms with E-state index in [0.29, 0.717) is 11.7 Å². The lowest BCUT2D eigenvalue weighted by Gasteiger charge is -2.15. The summed E-state index contributed by atoms with van der Waals surface area (Å²) in [6.07, 6.45) is 0. The molecule has 34 heavy (non-hydrogen) atoms. The van der Waals surface area contributed by atoms with Gasteiger partial charge in [-0.1, -0.05) is 66.0 Å². The van der Waals surface area contributed by atoms with Crippen molar-refractivity contribution in [2.75, 3.05) is 12.4 Å². The van der Waals surface area contributed by atoms with E-state index in [-0.39, 0.29) is 11.2 Å². The largest absolute Gasteiger partial charge is 0.496 e. The van der Waals surface area contributed by atoms with Gasteiger partial charge in [0.2, 0.25) is 5.91 Å². The molecule has 8 heteroatoms. The van der Waals surface area contributed by atoms with Crippen molar-refractivity contribution in [1.29, 1.82) is 0 Å². The van der Waals surface area contributed by atoms with Crippen molar-refractivity contribution in [2.45, 2.75) is 40.6 Å². The molecule has 1 amide bonds. The Morgan fingerprint density at radius 1 is 1.00 bits per heavy atom. The molecule has 0 spiro atoms. The Labute approximate surface area is 208 Å². The molecular formula is C26H26N4O2S2.